The largest absolute Gasteiger partial charge is 0.352 e. The molecule has 0 bridgehead atoms. The van der Waals surface area contributed by atoms with Crippen LogP contribution in [0.3, 0.4) is 0 Å². The van der Waals surface area contributed by atoms with Gasteiger partial charge in [0, 0.05) is 16.4 Å². The van der Waals surface area contributed by atoms with Gasteiger partial charge in [0.15, 0.2) is 0 Å². The molecule has 116 valence electrons. The Morgan fingerprint density at radius 3 is 2.73 bits per heavy atom. The van der Waals surface area contributed by atoms with E-state index in [9.17, 15) is 9.59 Å². The first-order chi connectivity index (χ1) is 10.5. The predicted octanol–water partition coefficient (Wildman–Crippen LogP) is 2.82. The summed E-state index contributed by atoms with van der Waals surface area (Å²) in [6, 6.07) is 9.92. The van der Waals surface area contributed by atoms with Gasteiger partial charge in [-0.3, -0.25) is 4.79 Å². The summed E-state index contributed by atoms with van der Waals surface area (Å²) in [6.07, 6.45) is 0.129. The van der Waals surface area contributed by atoms with Gasteiger partial charge < -0.3 is 16.4 Å². The first kappa shape index (κ1) is 16.3. The molecule has 0 radical (unpaired) electrons. The van der Waals surface area contributed by atoms with Gasteiger partial charge in [-0.2, -0.15) is 0 Å². The number of nitrogens with one attached hydrogen (secondary N) is 2. The first-order valence-corrected chi connectivity index (χ1v) is 7.91. The van der Waals surface area contributed by atoms with Crippen LogP contribution < -0.4 is 16.4 Å². The van der Waals surface area contributed by atoms with Gasteiger partial charge in [-0.05, 0) is 29.1 Å². The fraction of sp³-hybridized carbons (Fsp3) is 0.200. The van der Waals surface area contributed by atoms with Crippen LogP contribution in [-0.4, -0.2) is 11.9 Å². The molecule has 1 unspecified atom stereocenters. The zero-order valence-corrected chi connectivity index (χ0v) is 13.3. The lowest BCUT2D eigenvalue weighted by molar-refractivity contribution is -0.121. The fourth-order valence-electron chi connectivity index (χ4n) is 1.99. The number of primary amides is 1. The molecule has 1 heterocycles. The molecular weight excluding hydrogens is 322 g/mol. The van der Waals surface area contributed by atoms with Gasteiger partial charge in [-0.15, -0.1) is 11.3 Å². The summed E-state index contributed by atoms with van der Waals surface area (Å²) in [6.45, 7) is 0.382. The van der Waals surface area contributed by atoms with Gasteiger partial charge in [0.1, 0.15) is 0 Å². The van der Waals surface area contributed by atoms with Crippen LogP contribution in [0.4, 0.5) is 4.79 Å². The Morgan fingerprint density at radius 2 is 2.09 bits per heavy atom. The van der Waals surface area contributed by atoms with E-state index < -0.39 is 12.1 Å². The first-order valence-electron chi connectivity index (χ1n) is 6.65. The number of hydrogen-bond donors (Lipinski definition) is 3. The molecule has 0 saturated carbocycles. The molecule has 1 aromatic heterocycles. The van der Waals surface area contributed by atoms with E-state index in [1.807, 2.05) is 29.6 Å². The SMILES string of the molecule is NC(=O)NC(CC(=O)NCc1cccc(Cl)c1)c1cccs1. The van der Waals surface area contributed by atoms with Crippen LogP contribution in [0.5, 0.6) is 0 Å². The fourth-order valence-corrected chi connectivity index (χ4v) is 2.98. The van der Waals surface area contributed by atoms with Gasteiger partial charge in [0.05, 0.1) is 12.5 Å². The second-order valence-electron chi connectivity index (χ2n) is 4.69. The standard InChI is InChI=1S/C15H16ClN3O2S/c16-11-4-1-3-10(7-11)9-18-14(20)8-12(19-15(17)21)13-5-2-6-22-13/h1-7,12H,8-9H2,(H,18,20)(H3,17,19,21). The average molecular weight is 338 g/mol. The molecule has 1 aromatic carbocycles. The van der Waals surface area contributed by atoms with Crippen molar-refractivity contribution >= 4 is 34.9 Å². The van der Waals surface area contributed by atoms with Gasteiger partial charge in [-0.25, -0.2) is 4.79 Å². The molecule has 2 aromatic rings. The van der Waals surface area contributed by atoms with Crippen molar-refractivity contribution in [1.29, 1.82) is 0 Å². The highest BCUT2D eigenvalue weighted by molar-refractivity contribution is 7.10. The van der Waals surface area contributed by atoms with Crippen molar-refractivity contribution in [2.45, 2.75) is 19.0 Å². The smallest absolute Gasteiger partial charge is 0.312 e. The van der Waals surface area contributed by atoms with Crippen LogP contribution >= 0.6 is 22.9 Å². The van der Waals surface area contributed by atoms with Crippen LogP contribution in [0, 0.1) is 0 Å². The molecule has 0 spiro atoms. The lowest BCUT2D eigenvalue weighted by Gasteiger charge is -2.16. The highest BCUT2D eigenvalue weighted by atomic mass is 35.5. The number of hydrogen-bond acceptors (Lipinski definition) is 3. The van der Waals surface area contributed by atoms with E-state index in [1.54, 1.807) is 12.1 Å². The van der Waals surface area contributed by atoms with Gasteiger partial charge in [0.2, 0.25) is 5.91 Å². The molecule has 0 fully saturated rings. The van der Waals surface area contributed by atoms with Crippen molar-refractivity contribution in [2.24, 2.45) is 5.73 Å². The van der Waals surface area contributed by atoms with Gasteiger partial charge >= 0.3 is 6.03 Å². The maximum absolute atomic E-state index is 12.1. The summed E-state index contributed by atoms with van der Waals surface area (Å²) in [5.41, 5.74) is 6.08. The molecule has 2 rings (SSSR count). The predicted molar refractivity (Wildman–Crippen MR) is 87.7 cm³/mol. The number of amides is 3. The Kier molecular flexibility index (Phi) is 5.80. The van der Waals surface area contributed by atoms with Crippen molar-refractivity contribution in [1.82, 2.24) is 10.6 Å². The Bertz CT molecular complexity index is 646. The second-order valence-corrected chi connectivity index (χ2v) is 6.10. The molecule has 1 atom stereocenters. The number of nitrogens with two attached hydrogens (primary N) is 1. The number of rotatable bonds is 6. The van der Waals surface area contributed by atoms with E-state index >= 15 is 0 Å². The van der Waals surface area contributed by atoms with Crippen LogP contribution in [0.1, 0.15) is 22.9 Å². The topological polar surface area (TPSA) is 84.2 Å². The van der Waals surface area contributed by atoms with E-state index in [0.29, 0.717) is 11.6 Å². The lowest BCUT2D eigenvalue weighted by atomic mass is 10.1. The quantitative estimate of drug-likeness (QED) is 0.757. The lowest BCUT2D eigenvalue weighted by Crippen LogP contribution is -2.36. The zero-order valence-electron chi connectivity index (χ0n) is 11.7. The Balaban J connectivity index is 1.92. The molecule has 0 aliphatic carbocycles. The van der Waals surface area contributed by atoms with Crippen molar-refractivity contribution in [2.75, 3.05) is 0 Å². The normalized spacial score (nSPS) is 11.7. The number of benzene rings is 1. The third-order valence-electron chi connectivity index (χ3n) is 2.97. The van der Waals surface area contributed by atoms with Crippen molar-refractivity contribution < 1.29 is 9.59 Å². The third kappa shape index (κ3) is 5.05. The Labute approximate surface area is 137 Å². The Hall–Kier alpha value is -2.05. The number of carbonyl (C=O) groups excluding carboxylic acids is 2. The molecule has 0 saturated heterocycles. The van der Waals surface area contributed by atoms with E-state index in [4.69, 9.17) is 17.3 Å². The van der Waals surface area contributed by atoms with Crippen LogP contribution in [0.25, 0.3) is 0 Å². The molecule has 3 amide bonds. The summed E-state index contributed by atoms with van der Waals surface area (Å²) in [7, 11) is 0. The minimum absolute atomic E-state index is 0.129. The van der Waals surface area contributed by atoms with Crippen molar-refractivity contribution in [3.05, 3.63) is 57.2 Å². The maximum Gasteiger partial charge on any atom is 0.312 e. The summed E-state index contributed by atoms with van der Waals surface area (Å²) >= 11 is 7.36. The molecule has 22 heavy (non-hydrogen) atoms. The summed E-state index contributed by atoms with van der Waals surface area (Å²) < 4.78 is 0. The van der Waals surface area contributed by atoms with Gasteiger partial charge in [-0.1, -0.05) is 29.8 Å². The van der Waals surface area contributed by atoms with Crippen molar-refractivity contribution in [3.8, 4) is 0 Å². The number of halogens is 1. The molecule has 0 aliphatic heterocycles. The summed E-state index contributed by atoms with van der Waals surface area (Å²) in [5, 5.41) is 7.90. The number of thiophene rings is 1. The van der Waals surface area contributed by atoms with Crippen LogP contribution in [0.2, 0.25) is 5.02 Å². The summed E-state index contributed by atoms with van der Waals surface area (Å²) in [5.74, 6) is -0.174. The average Bonchev–Trinajstić information content (AvgIpc) is 2.98. The Morgan fingerprint density at radius 1 is 1.27 bits per heavy atom. The van der Waals surface area contributed by atoms with E-state index in [-0.39, 0.29) is 12.3 Å². The third-order valence-corrected chi connectivity index (χ3v) is 4.19. The van der Waals surface area contributed by atoms with E-state index in [0.717, 1.165) is 10.4 Å². The zero-order chi connectivity index (χ0) is 15.9. The maximum atomic E-state index is 12.1. The van der Waals surface area contributed by atoms with Gasteiger partial charge in [0.25, 0.3) is 0 Å². The molecular formula is C15H16ClN3O2S. The minimum Gasteiger partial charge on any atom is -0.352 e. The molecule has 7 heteroatoms. The monoisotopic (exact) mass is 337 g/mol. The second kappa shape index (κ2) is 7.82. The van der Waals surface area contributed by atoms with Crippen LogP contribution in [0.15, 0.2) is 41.8 Å². The number of carbonyl (C=O) groups is 2. The number of urea groups is 1. The summed E-state index contributed by atoms with van der Waals surface area (Å²) in [4.78, 5) is 24.0. The molecule has 5 nitrogen and oxygen atoms in total. The molecule has 4 N–H and O–H groups in total. The van der Waals surface area contributed by atoms with Crippen LogP contribution in [-0.2, 0) is 11.3 Å². The highest BCUT2D eigenvalue weighted by Gasteiger charge is 2.18. The minimum atomic E-state index is -0.652. The van der Waals surface area contributed by atoms with Crippen molar-refractivity contribution in [3.63, 3.8) is 0 Å². The highest BCUT2D eigenvalue weighted by Crippen LogP contribution is 2.22. The molecule has 0 aliphatic rings. The van der Waals surface area contributed by atoms with E-state index in [1.165, 1.54) is 11.3 Å². The van der Waals surface area contributed by atoms with E-state index in [2.05, 4.69) is 10.6 Å².